The number of carboxylic acids is 1. The lowest BCUT2D eigenvalue weighted by molar-refractivity contribution is -0.255. The maximum Gasteiger partial charge on any atom is 0.165 e. The Kier molecular flexibility index (Phi) is 4.00. The largest absolute Gasteiger partial charge is 0.545 e. The molecule has 28 heavy (non-hydrogen) atoms. The van der Waals surface area contributed by atoms with Crippen molar-refractivity contribution >= 4 is 11.7 Å². The Hall–Kier alpha value is -2.69. The van der Waals surface area contributed by atoms with Crippen LogP contribution in [0.4, 0.5) is 5.69 Å². The number of rotatable bonds is 4. The molecule has 1 N–H and O–H groups in total. The number of aromatic carboxylic acids is 1. The van der Waals surface area contributed by atoms with Crippen LogP contribution in [-0.2, 0) is 0 Å². The van der Waals surface area contributed by atoms with E-state index in [0.717, 1.165) is 28.3 Å². The zero-order valence-electron chi connectivity index (χ0n) is 16.1. The highest BCUT2D eigenvalue weighted by Gasteiger charge is 2.54. The van der Waals surface area contributed by atoms with Crippen LogP contribution in [0.1, 0.15) is 52.7 Å². The van der Waals surface area contributed by atoms with E-state index in [1.165, 1.54) is 19.3 Å². The predicted molar refractivity (Wildman–Crippen MR) is 104 cm³/mol. The van der Waals surface area contributed by atoms with Gasteiger partial charge < -0.3 is 24.7 Å². The number of carbonyl (C=O) groups excluding carboxylic acids is 1. The van der Waals surface area contributed by atoms with Crippen LogP contribution < -0.4 is 19.9 Å². The molecule has 0 spiro atoms. The highest BCUT2D eigenvalue weighted by molar-refractivity contribution is 5.87. The van der Waals surface area contributed by atoms with Gasteiger partial charge in [-0.15, -0.1) is 0 Å². The van der Waals surface area contributed by atoms with E-state index in [1.54, 1.807) is 20.3 Å². The standard InChI is InChI=1S/C23H25NO4/c1-27-18-5-3-4-15(22(18)28-2)21-20-13-7-6-12(10-13)19(20)16-11-14(23(25)26)8-9-17(16)24-21/h3-5,8-9,11-13,19-21,24H,6-7,10H2,1-2H3,(H,25,26)/p-1/t12-,13+,19+,20+,21+/m0/s1. The van der Waals surface area contributed by atoms with Gasteiger partial charge in [-0.3, -0.25) is 0 Å². The summed E-state index contributed by atoms with van der Waals surface area (Å²) in [5.41, 5.74) is 3.53. The maximum absolute atomic E-state index is 11.4. The van der Waals surface area contributed by atoms with Gasteiger partial charge in [-0.2, -0.15) is 0 Å². The van der Waals surface area contributed by atoms with Crippen LogP contribution in [0.3, 0.4) is 0 Å². The van der Waals surface area contributed by atoms with Crippen LogP contribution in [0.5, 0.6) is 11.5 Å². The van der Waals surface area contributed by atoms with Crippen LogP contribution in [-0.4, -0.2) is 20.2 Å². The van der Waals surface area contributed by atoms with E-state index in [-0.39, 0.29) is 11.6 Å². The van der Waals surface area contributed by atoms with Crippen LogP contribution in [0, 0.1) is 17.8 Å². The molecule has 1 aliphatic heterocycles. The second-order valence-electron chi connectivity index (χ2n) is 8.23. The Labute approximate surface area is 164 Å². The smallest absolute Gasteiger partial charge is 0.165 e. The number of hydrogen-bond acceptors (Lipinski definition) is 5. The lowest BCUT2D eigenvalue weighted by Gasteiger charge is -2.44. The van der Waals surface area contributed by atoms with Gasteiger partial charge in [0.25, 0.3) is 0 Å². The number of para-hydroxylation sites is 1. The van der Waals surface area contributed by atoms with Crippen molar-refractivity contribution in [2.24, 2.45) is 17.8 Å². The van der Waals surface area contributed by atoms with Crippen LogP contribution in [0.2, 0.25) is 0 Å². The molecule has 5 rings (SSSR count). The van der Waals surface area contributed by atoms with E-state index in [9.17, 15) is 9.90 Å². The molecule has 0 amide bonds. The minimum Gasteiger partial charge on any atom is -0.545 e. The summed E-state index contributed by atoms with van der Waals surface area (Å²) in [7, 11) is 3.34. The van der Waals surface area contributed by atoms with Crippen LogP contribution >= 0.6 is 0 Å². The molecule has 5 atom stereocenters. The van der Waals surface area contributed by atoms with Crippen molar-refractivity contribution in [2.45, 2.75) is 31.2 Å². The summed E-state index contributed by atoms with van der Waals surface area (Å²) in [6.45, 7) is 0. The van der Waals surface area contributed by atoms with Crippen molar-refractivity contribution in [2.75, 3.05) is 19.5 Å². The minimum atomic E-state index is -1.11. The fourth-order valence-corrected chi connectivity index (χ4v) is 6.08. The van der Waals surface area contributed by atoms with Gasteiger partial charge in [0.05, 0.1) is 26.2 Å². The van der Waals surface area contributed by atoms with E-state index < -0.39 is 5.97 Å². The molecule has 2 fully saturated rings. The normalized spacial score (nSPS) is 29.6. The molecule has 0 radical (unpaired) electrons. The summed E-state index contributed by atoms with van der Waals surface area (Å²) < 4.78 is 11.3. The molecule has 2 bridgehead atoms. The Bertz CT molecular complexity index is 940. The summed E-state index contributed by atoms with van der Waals surface area (Å²) in [5, 5.41) is 15.1. The first kappa shape index (κ1) is 17.4. The number of methoxy groups -OCH3 is 2. The predicted octanol–water partition coefficient (Wildman–Crippen LogP) is 3.36. The van der Waals surface area contributed by atoms with E-state index in [0.29, 0.717) is 23.7 Å². The van der Waals surface area contributed by atoms with Crippen molar-refractivity contribution in [3.8, 4) is 11.5 Å². The second kappa shape index (κ2) is 6.43. The molecule has 5 heteroatoms. The first-order valence-electron chi connectivity index (χ1n) is 9.95. The molecular weight excluding hydrogens is 354 g/mol. The topological polar surface area (TPSA) is 70.6 Å². The molecule has 0 unspecified atom stereocenters. The van der Waals surface area contributed by atoms with Gasteiger partial charge in [0.1, 0.15) is 0 Å². The fourth-order valence-electron chi connectivity index (χ4n) is 6.08. The average molecular weight is 378 g/mol. The van der Waals surface area contributed by atoms with Crippen molar-refractivity contribution in [3.05, 3.63) is 53.1 Å². The third-order valence-electron chi connectivity index (χ3n) is 7.09. The van der Waals surface area contributed by atoms with Gasteiger partial charge in [0.2, 0.25) is 0 Å². The van der Waals surface area contributed by atoms with Gasteiger partial charge in [-0.1, -0.05) is 18.2 Å². The molecule has 2 aromatic carbocycles. The van der Waals surface area contributed by atoms with Gasteiger partial charge in [0, 0.05) is 11.3 Å². The van der Waals surface area contributed by atoms with Crippen molar-refractivity contribution in [1.29, 1.82) is 0 Å². The third kappa shape index (κ3) is 2.42. The molecular formula is C23H24NO4-. The summed E-state index contributed by atoms with van der Waals surface area (Å²) in [5.74, 6) is 2.45. The van der Waals surface area contributed by atoms with Gasteiger partial charge in [-0.25, -0.2) is 0 Å². The zero-order chi connectivity index (χ0) is 19.4. The molecule has 2 saturated carbocycles. The molecule has 0 saturated heterocycles. The van der Waals surface area contributed by atoms with Crippen molar-refractivity contribution in [3.63, 3.8) is 0 Å². The molecule has 2 aliphatic carbocycles. The summed E-state index contributed by atoms with van der Waals surface area (Å²) >= 11 is 0. The fraction of sp³-hybridized carbons (Fsp3) is 0.435. The number of ether oxygens (including phenoxy) is 2. The maximum atomic E-state index is 11.4. The minimum absolute atomic E-state index is 0.117. The molecule has 2 aromatic rings. The molecule has 3 aliphatic rings. The van der Waals surface area contributed by atoms with Crippen molar-refractivity contribution < 1.29 is 19.4 Å². The third-order valence-corrected chi connectivity index (χ3v) is 7.09. The summed E-state index contributed by atoms with van der Waals surface area (Å²) in [6.07, 6.45) is 3.68. The summed E-state index contributed by atoms with van der Waals surface area (Å²) in [4.78, 5) is 11.4. The Balaban J connectivity index is 1.65. The lowest BCUT2D eigenvalue weighted by Crippen LogP contribution is -2.36. The number of carboxylic acid groups (broad SMARTS) is 1. The van der Waals surface area contributed by atoms with E-state index in [2.05, 4.69) is 11.4 Å². The number of hydrogen-bond donors (Lipinski definition) is 1. The molecule has 146 valence electrons. The number of fused-ring (bicyclic) bond motifs is 7. The number of benzene rings is 2. The van der Waals surface area contributed by atoms with Crippen molar-refractivity contribution in [1.82, 2.24) is 0 Å². The number of anilines is 1. The lowest BCUT2D eigenvalue weighted by atomic mass is 9.67. The molecule has 1 heterocycles. The Morgan fingerprint density at radius 1 is 1.07 bits per heavy atom. The zero-order valence-corrected chi connectivity index (χ0v) is 16.1. The molecule has 5 nitrogen and oxygen atoms in total. The van der Waals surface area contributed by atoms with Gasteiger partial charge in [-0.05, 0) is 72.3 Å². The molecule has 0 aromatic heterocycles. The van der Waals surface area contributed by atoms with E-state index in [1.807, 2.05) is 24.3 Å². The number of nitrogens with one attached hydrogen (secondary N) is 1. The monoisotopic (exact) mass is 378 g/mol. The second-order valence-corrected chi connectivity index (χ2v) is 8.23. The quantitative estimate of drug-likeness (QED) is 0.883. The highest BCUT2D eigenvalue weighted by atomic mass is 16.5. The summed E-state index contributed by atoms with van der Waals surface area (Å²) in [6, 6.07) is 11.5. The first-order chi connectivity index (χ1) is 13.6. The SMILES string of the molecule is COc1cccc([C@H]2Nc3ccc(C(=O)[O-])cc3[C@H]3[C@H]4CC[C@H](C4)[C@H]32)c1OC. The average Bonchev–Trinajstić information content (AvgIpc) is 3.34. The Morgan fingerprint density at radius 3 is 2.64 bits per heavy atom. The van der Waals surface area contributed by atoms with E-state index in [4.69, 9.17) is 9.47 Å². The van der Waals surface area contributed by atoms with Crippen LogP contribution in [0.15, 0.2) is 36.4 Å². The van der Waals surface area contributed by atoms with Gasteiger partial charge in [0.15, 0.2) is 11.5 Å². The van der Waals surface area contributed by atoms with Crippen LogP contribution in [0.25, 0.3) is 0 Å². The highest BCUT2D eigenvalue weighted by Crippen LogP contribution is 2.64. The van der Waals surface area contributed by atoms with Gasteiger partial charge >= 0.3 is 0 Å². The van der Waals surface area contributed by atoms with E-state index >= 15 is 0 Å². The number of carbonyl (C=O) groups is 1. The Morgan fingerprint density at radius 2 is 1.89 bits per heavy atom. The first-order valence-corrected chi connectivity index (χ1v) is 9.95.